The zero-order valence-corrected chi connectivity index (χ0v) is 15.4. The van der Waals surface area contributed by atoms with Gasteiger partial charge in [-0.2, -0.15) is 6.42 Å². The first kappa shape index (κ1) is 20.3. The Hall–Kier alpha value is 0.951. The predicted octanol–water partition coefficient (Wildman–Crippen LogP) is -0.576. The second-order valence-electron chi connectivity index (χ2n) is 4.90. The van der Waals surface area contributed by atoms with Gasteiger partial charge in [-0.15, -0.1) is 0 Å². The van der Waals surface area contributed by atoms with Crippen molar-refractivity contribution in [2.45, 2.75) is 65.3 Å². The minimum atomic E-state index is -0.379. The van der Waals surface area contributed by atoms with Gasteiger partial charge in [-0.05, 0) is 6.42 Å². The Morgan fingerprint density at radius 2 is 1.59 bits per heavy atom. The van der Waals surface area contributed by atoms with Crippen molar-refractivity contribution in [3.05, 3.63) is 6.92 Å². The summed E-state index contributed by atoms with van der Waals surface area (Å²) in [5, 5.41) is 0. The van der Waals surface area contributed by atoms with E-state index in [-0.39, 0.29) is 50.1 Å². The van der Waals surface area contributed by atoms with Crippen molar-refractivity contribution in [2.75, 3.05) is 0 Å². The van der Waals surface area contributed by atoms with Crippen LogP contribution in [0.4, 0.5) is 0 Å². The van der Waals surface area contributed by atoms with Crippen molar-refractivity contribution in [3.8, 4) is 0 Å². The summed E-state index contributed by atoms with van der Waals surface area (Å²) in [6, 6.07) is 0. The standard InChI is InChI=1S/C12H29O2Si2.Li/c1-6-7-8-9-10-12(2,3)11(13-15-4)14-16-5;/h11H,1,6-10,15-16H2,2-5H3;/q-1;+1. The maximum absolute atomic E-state index is 5.84. The second-order valence-corrected chi connectivity index (χ2v) is 6.72. The molecule has 0 fully saturated rings. The molecule has 0 saturated heterocycles. The summed E-state index contributed by atoms with van der Waals surface area (Å²) < 4.78 is 11.7. The summed E-state index contributed by atoms with van der Waals surface area (Å²) in [6.07, 6.45) is 6.10. The molecule has 0 aliphatic carbocycles. The predicted molar refractivity (Wildman–Crippen MR) is 77.0 cm³/mol. The normalized spacial score (nSPS) is 14.6. The fourth-order valence-electron chi connectivity index (χ4n) is 1.85. The van der Waals surface area contributed by atoms with Gasteiger partial charge in [0.1, 0.15) is 6.29 Å². The van der Waals surface area contributed by atoms with Crippen molar-refractivity contribution in [2.24, 2.45) is 5.41 Å². The van der Waals surface area contributed by atoms with Crippen LogP contribution in [0.15, 0.2) is 0 Å². The molecule has 0 aromatic rings. The topological polar surface area (TPSA) is 18.5 Å². The van der Waals surface area contributed by atoms with Crippen LogP contribution in [0.3, 0.4) is 0 Å². The third kappa shape index (κ3) is 9.52. The molecule has 2 nitrogen and oxygen atoms in total. The van der Waals surface area contributed by atoms with Gasteiger partial charge in [0.2, 0.25) is 0 Å². The van der Waals surface area contributed by atoms with Crippen molar-refractivity contribution in [1.29, 1.82) is 0 Å². The molecule has 0 saturated carbocycles. The fraction of sp³-hybridized carbons (Fsp3) is 0.917. The zero-order chi connectivity index (χ0) is 12.4. The summed E-state index contributed by atoms with van der Waals surface area (Å²) in [5.41, 5.74) is 0.174. The molecule has 0 rings (SSSR count). The van der Waals surface area contributed by atoms with E-state index < -0.39 is 0 Å². The van der Waals surface area contributed by atoms with Gasteiger partial charge in [-0.3, -0.25) is 0 Å². The zero-order valence-electron chi connectivity index (χ0n) is 12.6. The molecule has 0 amide bonds. The van der Waals surface area contributed by atoms with Crippen LogP contribution < -0.4 is 18.9 Å². The van der Waals surface area contributed by atoms with E-state index in [9.17, 15) is 0 Å². The first-order valence-electron chi connectivity index (χ1n) is 6.61. The van der Waals surface area contributed by atoms with Crippen LogP contribution in [-0.4, -0.2) is 25.8 Å². The SMILES string of the molecule is [CH2-]CCCCCC(C)(C)C(O[SiH2]C)O[SiH2]C.[Li+]. The minimum Gasteiger partial charge on any atom is -0.400 e. The van der Waals surface area contributed by atoms with Crippen LogP contribution in [0.1, 0.15) is 46.0 Å². The van der Waals surface area contributed by atoms with Gasteiger partial charge in [0, 0.05) is 5.41 Å². The summed E-state index contributed by atoms with van der Waals surface area (Å²) in [5.74, 6) is 0. The molecule has 0 aromatic heterocycles. The fourth-order valence-corrected chi connectivity index (χ4v) is 3.75. The van der Waals surface area contributed by atoms with Gasteiger partial charge in [0.05, 0.1) is 0 Å². The van der Waals surface area contributed by atoms with Gasteiger partial charge >= 0.3 is 18.9 Å². The Kier molecular flexibility index (Phi) is 14.3. The van der Waals surface area contributed by atoms with E-state index in [1.54, 1.807) is 0 Å². The summed E-state index contributed by atoms with van der Waals surface area (Å²) in [7, 11) is -0.758. The molecular weight excluding hydrogens is 239 g/mol. The van der Waals surface area contributed by atoms with Gasteiger partial charge < -0.3 is 15.8 Å². The number of hydrogen-bond donors (Lipinski definition) is 0. The van der Waals surface area contributed by atoms with Crippen LogP contribution in [0.2, 0.25) is 13.1 Å². The molecule has 98 valence electrons. The maximum Gasteiger partial charge on any atom is 1.00 e. The molecule has 0 aliphatic heterocycles. The number of hydrogen-bond acceptors (Lipinski definition) is 2. The van der Waals surface area contributed by atoms with Gasteiger partial charge in [-0.25, -0.2) is 0 Å². The summed E-state index contributed by atoms with van der Waals surface area (Å²) in [6.45, 7) is 12.8. The van der Waals surface area contributed by atoms with Crippen molar-refractivity contribution >= 4 is 19.5 Å². The molecule has 0 unspecified atom stereocenters. The molecular formula is C12H29LiO2Si2. The van der Waals surface area contributed by atoms with E-state index in [0.717, 1.165) is 6.42 Å². The Balaban J connectivity index is 0. The van der Waals surface area contributed by atoms with Crippen LogP contribution in [-0.2, 0) is 8.85 Å². The minimum absolute atomic E-state index is 0. The quantitative estimate of drug-likeness (QED) is 0.229. The van der Waals surface area contributed by atoms with Crippen molar-refractivity contribution in [3.63, 3.8) is 0 Å². The largest absolute Gasteiger partial charge is 1.00 e. The summed E-state index contributed by atoms with van der Waals surface area (Å²) >= 11 is 0. The van der Waals surface area contributed by atoms with E-state index in [1.165, 1.54) is 25.7 Å². The van der Waals surface area contributed by atoms with Crippen LogP contribution in [0.25, 0.3) is 0 Å². The molecule has 0 atom stereocenters. The average molecular weight is 268 g/mol. The Morgan fingerprint density at radius 1 is 1.06 bits per heavy atom. The molecule has 0 aromatic carbocycles. The average Bonchev–Trinajstić information content (AvgIpc) is 2.24. The van der Waals surface area contributed by atoms with Crippen LogP contribution in [0, 0.1) is 12.3 Å². The first-order valence-corrected chi connectivity index (χ1v) is 10.6. The van der Waals surface area contributed by atoms with E-state index in [0.29, 0.717) is 0 Å². The third-order valence-electron chi connectivity index (χ3n) is 2.85. The Morgan fingerprint density at radius 3 is 2.00 bits per heavy atom. The molecule has 0 radical (unpaired) electrons. The van der Waals surface area contributed by atoms with Crippen molar-refractivity contribution in [1.82, 2.24) is 0 Å². The van der Waals surface area contributed by atoms with E-state index >= 15 is 0 Å². The smallest absolute Gasteiger partial charge is 0.400 e. The first-order chi connectivity index (χ1) is 7.58. The molecule has 5 heteroatoms. The van der Waals surface area contributed by atoms with E-state index in [4.69, 9.17) is 8.85 Å². The van der Waals surface area contributed by atoms with Gasteiger partial charge in [0.15, 0.2) is 19.5 Å². The monoisotopic (exact) mass is 268 g/mol. The molecule has 0 spiro atoms. The molecule has 17 heavy (non-hydrogen) atoms. The van der Waals surface area contributed by atoms with Crippen LogP contribution in [0.5, 0.6) is 0 Å². The number of unbranched alkanes of at least 4 members (excludes halogenated alkanes) is 3. The molecule has 0 heterocycles. The van der Waals surface area contributed by atoms with E-state index in [1.807, 2.05) is 0 Å². The van der Waals surface area contributed by atoms with Crippen LogP contribution >= 0.6 is 0 Å². The second kappa shape index (κ2) is 12.0. The Labute approximate surface area is 125 Å². The molecule has 0 bridgehead atoms. The third-order valence-corrected chi connectivity index (χ3v) is 4.12. The van der Waals surface area contributed by atoms with Gasteiger partial charge in [-0.1, -0.05) is 46.2 Å². The maximum atomic E-state index is 5.84. The van der Waals surface area contributed by atoms with Crippen molar-refractivity contribution < 1.29 is 27.7 Å². The number of rotatable bonds is 10. The molecule has 0 N–H and O–H groups in total. The molecule has 0 aliphatic rings. The van der Waals surface area contributed by atoms with E-state index in [2.05, 4.69) is 33.9 Å². The van der Waals surface area contributed by atoms with Gasteiger partial charge in [0.25, 0.3) is 0 Å². The Bertz CT molecular complexity index is 163. The summed E-state index contributed by atoms with van der Waals surface area (Å²) in [4.78, 5) is 0.